The first-order chi connectivity index (χ1) is 10.0. The van der Waals surface area contributed by atoms with Crippen LogP contribution in [0.4, 0.5) is 11.4 Å². The Balaban J connectivity index is 2.33. The highest BCUT2D eigenvalue weighted by Crippen LogP contribution is 2.32. The van der Waals surface area contributed by atoms with Crippen molar-refractivity contribution in [3.63, 3.8) is 0 Å². The molecule has 21 heavy (non-hydrogen) atoms. The van der Waals surface area contributed by atoms with Gasteiger partial charge < -0.3 is 5.32 Å². The van der Waals surface area contributed by atoms with Crippen LogP contribution >= 0.6 is 23.2 Å². The van der Waals surface area contributed by atoms with E-state index in [1.807, 2.05) is 25.1 Å². The molecule has 1 unspecified atom stereocenters. The number of rotatable bonds is 5. The maximum atomic E-state index is 11.1. The van der Waals surface area contributed by atoms with E-state index in [1.54, 1.807) is 18.2 Å². The van der Waals surface area contributed by atoms with Gasteiger partial charge in [-0.15, -0.1) is 0 Å². The summed E-state index contributed by atoms with van der Waals surface area (Å²) in [5.74, 6) is 0. The van der Waals surface area contributed by atoms with Crippen molar-refractivity contribution in [3.05, 3.63) is 68.2 Å². The third-order valence-electron chi connectivity index (χ3n) is 3.15. The van der Waals surface area contributed by atoms with Gasteiger partial charge in [0.1, 0.15) is 5.69 Å². The minimum atomic E-state index is -0.446. The second-order valence-corrected chi connectivity index (χ2v) is 5.45. The molecule has 1 atom stereocenters. The van der Waals surface area contributed by atoms with Crippen molar-refractivity contribution in [3.8, 4) is 0 Å². The fraction of sp³-hybridized carbons (Fsp3) is 0.200. The van der Waals surface area contributed by atoms with Crippen molar-refractivity contribution >= 4 is 34.6 Å². The lowest BCUT2D eigenvalue weighted by Gasteiger charge is -2.19. The molecule has 0 saturated carbocycles. The molecule has 6 heteroatoms. The fourth-order valence-electron chi connectivity index (χ4n) is 2.11. The maximum absolute atomic E-state index is 11.1. The molecule has 0 aliphatic rings. The molecule has 2 rings (SSSR count). The molecule has 2 aromatic carbocycles. The van der Waals surface area contributed by atoms with Crippen molar-refractivity contribution in [1.82, 2.24) is 0 Å². The van der Waals surface area contributed by atoms with Crippen LogP contribution in [0.1, 0.15) is 24.9 Å². The van der Waals surface area contributed by atoms with E-state index < -0.39 is 4.92 Å². The Labute approximate surface area is 132 Å². The number of nitro groups is 1. The summed E-state index contributed by atoms with van der Waals surface area (Å²) < 4.78 is 0. The van der Waals surface area contributed by atoms with Gasteiger partial charge in [0.15, 0.2) is 0 Å². The zero-order chi connectivity index (χ0) is 15.4. The number of nitro benzene ring substituents is 1. The van der Waals surface area contributed by atoms with Crippen LogP contribution < -0.4 is 5.32 Å². The van der Waals surface area contributed by atoms with Gasteiger partial charge in [-0.2, -0.15) is 0 Å². The summed E-state index contributed by atoms with van der Waals surface area (Å²) >= 11 is 11.8. The smallest absolute Gasteiger partial charge is 0.293 e. The Kier molecular flexibility index (Phi) is 5.04. The van der Waals surface area contributed by atoms with Gasteiger partial charge >= 0.3 is 0 Å². The van der Waals surface area contributed by atoms with Crippen molar-refractivity contribution in [2.75, 3.05) is 5.32 Å². The topological polar surface area (TPSA) is 55.2 Å². The normalized spacial score (nSPS) is 12.0. The van der Waals surface area contributed by atoms with Gasteiger partial charge in [0.05, 0.1) is 11.0 Å². The van der Waals surface area contributed by atoms with Crippen LogP contribution in [0.15, 0.2) is 42.5 Å². The first kappa shape index (κ1) is 15.6. The van der Waals surface area contributed by atoms with Gasteiger partial charge in [-0.25, -0.2) is 0 Å². The van der Waals surface area contributed by atoms with Crippen molar-refractivity contribution in [1.29, 1.82) is 0 Å². The average molecular weight is 325 g/mol. The second-order valence-electron chi connectivity index (χ2n) is 4.58. The van der Waals surface area contributed by atoms with Gasteiger partial charge in [0.25, 0.3) is 5.69 Å². The zero-order valence-electron chi connectivity index (χ0n) is 11.3. The standard InChI is InChI=1S/C15H14Cl2N2O2/c1-2-13(10-4-3-5-11(16)8-10)18-14-7-6-12(17)9-15(14)19(20)21/h3-9,13,18H,2H2,1H3. The summed E-state index contributed by atoms with van der Waals surface area (Å²) in [5.41, 5.74) is 1.38. The van der Waals surface area contributed by atoms with Crippen molar-refractivity contribution < 1.29 is 4.92 Å². The molecule has 0 amide bonds. The number of hydrogen-bond donors (Lipinski definition) is 1. The third kappa shape index (κ3) is 3.86. The van der Waals surface area contributed by atoms with Crippen LogP contribution in [-0.4, -0.2) is 4.92 Å². The summed E-state index contributed by atoms with van der Waals surface area (Å²) in [7, 11) is 0. The molecule has 0 radical (unpaired) electrons. The molecule has 0 aliphatic carbocycles. The van der Waals surface area contributed by atoms with Gasteiger partial charge in [0, 0.05) is 16.1 Å². The monoisotopic (exact) mass is 324 g/mol. The molecule has 1 N–H and O–H groups in total. The predicted octanol–water partition coefficient (Wildman–Crippen LogP) is 5.46. The fourth-order valence-corrected chi connectivity index (χ4v) is 2.48. The van der Waals surface area contributed by atoms with E-state index in [-0.39, 0.29) is 11.7 Å². The van der Waals surface area contributed by atoms with Crippen LogP contribution in [-0.2, 0) is 0 Å². The Morgan fingerprint density at radius 1 is 1.19 bits per heavy atom. The highest BCUT2D eigenvalue weighted by Gasteiger charge is 2.18. The molecule has 2 aromatic rings. The lowest BCUT2D eigenvalue weighted by atomic mass is 10.0. The van der Waals surface area contributed by atoms with Gasteiger partial charge in [0.2, 0.25) is 0 Å². The largest absolute Gasteiger partial charge is 0.373 e. The summed E-state index contributed by atoms with van der Waals surface area (Å²) in [6.45, 7) is 2.00. The first-order valence-electron chi connectivity index (χ1n) is 6.47. The number of nitrogens with one attached hydrogen (secondary N) is 1. The van der Waals surface area contributed by atoms with E-state index in [0.29, 0.717) is 15.7 Å². The van der Waals surface area contributed by atoms with Crippen LogP contribution in [0.5, 0.6) is 0 Å². The van der Waals surface area contributed by atoms with Crippen LogP contribution in [0.2, 0.25) is 10.0 Å². The third-order valence-corrected chi connectivity index (χ3v) is 3.62. The molecular formula is C15H14Cl2N2O2. The molecule has 0 aliphatic heterocycles. The van der Waals surface area contributed by atoms with E-state index in [0.717, 1.165) is 12.0 Å². The van der Waals surface area contributed by atoms with E-state index in [4.69, 9.17) is 23.2 Å². The number of anilines is 1. The number of hydrogen-bond acceptors (Lipinski definition) is 3. The summed E-state index contributed by atoms with van der Waals surface area (Å²) in [4.78, 5) is 10.7. The van der Waals surface area contributed by atoms with E-state index in [2.05, 4.69) is 5.32 Å². The lowest BCUT2D eigenvalue weighted by Crippen LogP contribution is -2.11. The van der Waals surface area contributed by atoms with E-state index >= 15 is 0 Å². The number of benzene rings is 2. The maximum Gasteiger partial charge on any atom is 0.293 e. The van der Waals surface area contributed by atoms with Gasteiger partial charge in [-0.1, -0.05) is 42.3 Å². The molecule has 0 aromatic heterocycles. The highest BCUT2D eigenvalue weighted by atomic mass is 35.5. The average Bonchev–Trinajstić information content (AvgIpc) is 2.45. The molecule has 0 saturated heterocycles. The predicted molar refractivity (Wildman–Crippen MR) is 86.2 cm³/mol. The molecule has 110 valence electrons. The zero-order valence-corrected chi connectivity index (χ0v) is 12.9. The lowest BCUT2D eigenvalue weighted by molar-refractivity contribution is -0.384. The highest BCUT2D eigenvalue weighted by molar-refractivity contribution is 6.31. The Morgan fingerprint density at radius 3 is 2.52 bits per heavy atom. The van der Waals surface area contributed by atoms with E-state index in [1.165, 1.54) is 6.07 Å². The molecule has 4 nitrogen and oxygen atoms in total. The Hall–Kier alpha value is -1.78. The van der Waals surface area contributed by atoms with E-state index in [9.17, 15) is 10.1 Å². The summed E-state index contributed by atoms with van der Waals surface area (Å²) in [5, 5.41) is 15.3. The summed E-state index contributed by atoms with van der Waals surface area (Å²) in [6.07, 6.45) is 0.764. The molecule has 0 heterocycles. The molecule has 0 bridgehead atoms. The SMILES string of the molecule is CCC(Nc1ccc(Cl)cc1[N+](=O)[O-])c1cccc(Cl)c1. The van der Waals surface area contributed by atoms with Crippen molar-refractivity contribution in [2.45, 2.75) is 19.4 Å². The van der Waals surface area contributed by atoms with Crippen LogP contribution in [0.3, 0.4) is 0 Å². The van der Waals surface area contributed by atoms with Crippen LogP contribution in [0.25, 0.3) is 0 Å². The molecule has 0 fully saturated rings. The van der Waals surface area contributed by atoms with Gasteiger partial charge in [-0.05, 0) is 36.2 Å². The minimum Gasteiger partial charge on any atom is -0.373 e. The number of halogens is 2. The quantitative estimate of drug-likeness (QED) is 0.586. The second kappa shape index (κ2) is 6.78. The summed E-state index contributed by atoms with van der Waals surface area (Å²) in [6, 6.07) is 12.0. The number of nitrogens with zero attached hydrogens (tertiary/aromatic N) is 1. The van der Waals surface area contributed by atoms with Gasteiger partial charge in [-0.3, -0.25) is 10.1 Å². The minimum absolute atomic E-state index is 0.0389. The van der Waals surface area contributed by atoms with Crippen LogP contribution in [0, 0.1) is 10.1 Å². The molecular weight excluding hydrogens is 311 g/mol. The molecule has 0 spiro atoms. The Bertz CT molecular complexity index is 662. The Morgan fingerprint density at radius 2 is 1.90 bits per heavy atom. The van der Waals surface area contributed by atoms with Crippen molar-refractivity contribution in [2.24, 2.45) is 0 Å². The first-order valence-corrected chi connectivity index (χ1v) is 7.22.